The van der Waals surface area contributed by atoms with E-state index in [9.17, 15) is 9.70 Å². The molecule has 0 radical (unpaired) electrons. The first-order valence-corrected chi connectivity index (χ1v) is 11.9. The second kappa shape index (κ2) is 10.7. The van der Waals surface area contributed by atoms with Gasteiger partial charge in [0.25, 0.3) is 5.91 Å². The Morgan fingerprint density at radius 1 is 1.23 bits per heavy atom. The highest BCUT2D eigenvalue weighted by atomic mass is 16.5. The summed E-state index contributed by atoms with van der Waals surface area (Å²) in [6, 6.07) is 7.82. The van der Waals surface area contributed by atoms with Crippen molar-refractivity contribution in [3.8, 4) is 5.75 Å². The Labute approximate surface area is 205 Å². The lowest BCUT2D eigenvalue weighted by Crippen LogP contribution is -2.47. The highest BCUT2D eigenvalue weighted by molar-refractivity contribution is 6.20. The minimum absolute atomic E-state index is 0.106. The largest absolute Gasteiger partial charge is 0.491 e. The molecule has 1 aromatic heterocycles. The second-order valence-electron chi connectivity index (χ2n) is 9.02. The van der Waals surface area contributed by atoms with Gasteiger partial charge in [0.05, 0.1) is 18.7 Å². The summed E-state index contributed by atoms with van der Waals surface area (Å²) in [5, 5.41) is 6.08. The maximum atomic E-state index is 12.7. The summed E-state index contributed by atoms with van der Waals surface area (Å²) < 4.78 is 5.96. The van der Waals surface area contributed by atoms with Crippen LogP contribution in [0.3, 0.4) is 0 Å². The van der Waals surface area contributed by atoms with Crippen molar-refractivity contribution >= 4 is 29.1 Å². The Kier molecular flexibility index (Phi) is 7.50. The van der Waals surface area contributed by atoms with Crippen molar-refractivity contribution in [1.29, 1.82) is 0 Å². The molecule has 10 nitrogen and oxygen atoms in total. The fourth-order valence-electron chi connectivity index (χ4n) is 4.42. The van der Waals surface area contributed by atoms with Gasteiger partial charge in [-0.2, -0.15) is 0 Å². The van der Waals surface area contributed by atoms with E-state index in [1.807, 2.05) is 11.0 Å². The number of rotatable bonds is 9. The molecule has 1 amide bonds. The number of amides is 1. The third-order valence-electron chi connectivity index (χ3n) is 6.05. The SMILES string of the molecule is CC(C)N(CCCOc1ccc2c(c1N=O)N=C(NC(=O)c1cccnc1)N1CCN=C21)C(C)C. The van der Waals surface area contributed by atoms with Crippen LogP contribution in [0.5, 0.6) is 5.75 Å². The molecule has 4 rings (SSSR count). The van der Waals surface area contributed by atoms with Gasteiger partial charge in [0.2, 0.25) is 5.96 Å². The number of amidine groups is 1. The summed E-state index contributed by atoms with van der Waals surface area (Å²) >= 11 is 0. The summed E-state index contributed by atoms with van der Waals surface area (Å²) in [6.45, 7) is 11.2. The minimum atomic E-state index is -0.348. The number of carbonyl (C=O) groups is 1. The van der Waals surface area contributed by atoms with Gasteiger partial charge < -0.3 is 4.74 Å². The summed E-state index contributed by atoms with van der Waals surface area (Å²) in [6.07, 6.45) is 3.89. The van der Waals surface area contributed by atoms with Crippen LogP contribution in [0.4, 0.5) is 11.4 Å². The number of ether oxygens (including phenoxy) is 1. The molecule has 184 valence electrons. The monoisotopic (exact) mass is 477 g/mol. The van der Waals surface area contributed by atoms with Crippen LogP contribution in [0.25, 0.3) is 0 Å². The van der Waals surface area contributed by atoms with Crippen LogP contribution in [-0.2, 0) is 0 Å². The normalized spacial score (nSPS) is 14.5. The Hall–Kier alpha value is -3.66. The summed E-state index contributed by atoms with van der Waals surface area (Å²) in [5.74, 6) is 0.971. The van der Waals surface area contributed by atoms with Gasteiger partial charge in [0.1, 0.15) is 11.5 Å². The van der Waals surface area contributed by atoms with Gasteiger partial charge in [-0.15, -0.1) is 4.91 Å². The average molecular weight is 478 g/mol. The molecule has 3 heterocycles. The van der Waals surface area contributed by atoms with E-state index in [-0.39, 0.29) is 11.6 Å². The molecule has 0 spiro atoms. The van der Waals surface area contributed by atoms with Gasteiger partial charge in [-0.3, -0.25) is 29.9 Å². The number of fused-ring (bicyclic) bond motifs is 3. The van der Waals surface area contributed by atoms with Crippen molar-refractivity contribution in [3.05, 3.63) is 52.7 Å². The van der Waals surface area contributed by atoms with Gasteiger partial charge in [-0.05, 0) is 63.6 Å². The molecule has 0 bridgehead atoms. The maximum absolute atomic E-state index is 12.7. The first-order valence-electron chi connectivity index (χ1n) is 11.9. The molecule has 1 N–H and O–H groups in total. The van der Waals surface area contributed by atoms with Crippen molar-refractivity contribution in [2.45, 2.75) is 46.2 Å². The summed E-state index contributed by atoms with van der Waals surface area (Å²) in [4.78, 5) is 42.1. The second-order valence-corrected chi connectivity index (χ2v) is 9.02. The first kappa shape index (κ1) is 24.5. The average Bonchev–Trinajstić information content (AvgIpc) is 3.34. The lowest BCUT2D eigenvalue weighted by molar-refractivity contribution is 0.0973. The molecular weight excluding hydrogens is 446 g/mol. The van der Waals surface area contributed by atoms with Crippen molar-refractivity contribution in [2.24, 2.45) is 15.2 Å². The number of nitrogens with one attached hydrogen (secondary N) is 1. The van der Waals surface area contributed by atoms with Crippen molar-refractivity contribution in [1.82, 2.24) is 20.1 Å². The van der Waals surface area contributed by atoms with E-state index in [1.165, 1.54) is 6.20 Å². The molecule has 2 aromatic rings. The predicted octanol–water partition coefficient (Wildman–Crippen LogP) is 3.86. The molecule has 1 aromatic carbocycles. The van der Waals surface area contributed by atoms with E-state index < -0.39 is 0 Å². The topological polar surface area (TPSA) is 112 Å². The number of guanidine groups is 1. The van der Waals surface area contributed by atoms with Gasteiger partial charge in [0.15, 0.2) is 11.4 Å². The van der Waals surface area contributed by atoms with E-state index in [1.54, 1.807) is 24.4 Å². The van der Waals surface area contributed by atoms with E-state index in [4.69, 9.17) is 4.74 Å². The quantitative estimate of drug-likeness (QED) is 0.434. The Morgan fingerprint density at radius 3 is 2.71 bits per heavy atom. The van der Waals surface area contributed by atoms with Crippen molar-refractivity contribution in [3.63, 3.8) is 0 Å². The number of benzene rings is 1. The van der Waals surface area contributed by atoms with Crippen LogP contribution in [0.15, 0.2) is 51.8 Å². The summed E-state index contributed by atoms with van der Waals surface area (Å²) in [7, 11) is 0. The highest BCUT2D eigenvalue weighted by Crippen LogP contribution is 2.43. The van der Waals surface area contributed by atoms with Crippen LogP contribution in [-0.4, -0.2) is 70.8 Å². The van der Waals surface area contributed by atoms with Gasteiger partial charge in [-0.25, -0.2) is 4.99 Å². The van der Waals surface area contributed by atoms with E-state index in [2.05, 4.69) is 58.1 Å². The highest BCUT2D eigenvalue weighted by Gasteiger charge is 2.33. The molecule has 2 aliphatic heterocycles. The predicted molar refractivity (Wildman–Crippen MR) is 136 cm³/mol. The zero-order valence-corrected chi connectivity index (χ0v) is 20.6. The Bertz CT molecular complexity index is 1140. The molecule has 2 aliphatic rings. The fraction of sp³-hybridized carbons (Fsp3) is 0.440. The molecular formula is C25H31N7O3. The Balaban J connectivity index is 1.56. The molecule has 10 heteroatoms. The summed E-state index contributed by atoms with van der Waals surface area (Å²) in [5.41, 5.74) is 1.55. The number of nitrogens with zero attached hydrogens (tertiary/aromatic N) is 6. The molecule has 0 saturated carbocycles. The molecule has 0 atom stereocenters. The number of pyridine rings is 1. The zero-order valence-electron chi connectivity index (χ0n) is 20.6. The van der Waals surface area contributed by atoms with E-state index in [0.29, 0.717) is 66.1 Å². The number of nitroso groups, excluding NO2 is 1. The van der Waals surface area contributed by atoms with Gasteiger partial charge in [0, 0.05) is 43.1 Å². The van der Waals surface area contributed by atoms with Crippen LogP contribution >= 0.6 is 0 Å². The van der Waals surface area contributed by atoms with Crippen LogP contribution < -0.4 is 10.1 Å². The molecule has 35 heavy (non-hydrogen) atoms. The molecule has 0 unspecified atom stereocenters. The lowest BCUT2D eigenvalue weighted by Gasteiger charge is -2.30. The lowest BCUT2D eigenvalue weighted by atomic mass is 10.1. The van der Waals surface area contributed by atoms with Crippen LogP contribution in [0.2, 0.25) is 0 Å². The first-order chi connectivity index (χ1) is 16.9. The smallest absolute Gasteiger partial charge is 0.259 e. The number of hydrogen-bond acceptors (Lipinski definition) is 9. The van der Waals surface area contributed by atoms with E-state index in [0.717, 1.165) is 13.0 Å². The third-order valence-corrected chi connectivity index (χ3v) is 6.05. The molecule has 0 saturated heterocycles. The zero-order chi connectivity index (χ0) is 24.9. The van der Waals surface area contributed by atoms with Crippen molar-refractivity contribution in [2.75, 3.05) is 26.2 Å². The number of hydrogen-bond donors (Lipinski definition) is 1. The number of aliphatic imine (C=N–C) groups is 2. The number of aromatic nitrogens is 1. The van der Waals surface area contributed by atoms with E-state index >= 15 is 0 Å². The number of carbonyl (C=O) groups excluding carboxylic acids is 1. The fourth-order valence-corrected chi connectivity index (χ4v) is 4.42. The third kappa shape index (κ3) is 5.22. The van der Waals surface area contributed by atoms with Gasteiger partial charge >= 0.3 is 0 Å². The van der Waals surface area contributed by atoms with Crippen LogP contribution in [0.1, 0.15) is 50.0 Å². The van der Waals surface area contributed by atoms with Crippen LogP contribution in [0, 0.1) is 4.91 Å². The molecule has 0 fully saturated rings. The molecule has 0 aliphatic carbocycles. The Morgan fingerprint density at radius 2 is 2.03 bits per heavy atom. The van der Waals surface area contributed by atoms with Gasteiger partial charge in [-0.1, -0.05) is 0 Å². The standard InChI is InChI=1S/C25H31N7O3/c1-16(2)31(17(3)4)12-6-14-35-20-9-8-19-21(22(20)30-34)28-25(32-13-11-27-23(19)32)29-24(33)18-7-5-10-26-15-18/h5,7-10,15-17H,6,11-14H2,1-4H3,(H,28,29,33). The minimum Gasteiger partial charge on any atom is -0.491 e. The maximum Gasteiger partial charge on any atom is 0.259 e. The van der Waals surface area contributed by atoms with Crippen molar-refractivity contribution < 1.29 is 9.53 Å².